The Morgan fingerprint density at radius 2 is 1.24 bits per heavy atom. The van der Waals surface area contributed by atoms with Gasteiger partial charge in [-0.15, -0.1) is 23.2 Å². The third-order valence-electron chi connectivity index (χ3n) is 7.02. The van der Waals surface area contributed by atoms with Crippen LogP contribution in [0.1, 0.15) is 22.3 Å². The molecule has 1 aliphatic rings. The first-order valence-electron chi connectivity index (χ1n) is 13.8. The van der Waals surface area contributed by atoms with Gasteiger partial charge in [0.15, 0.2) is 21.6 Å². The maximum atomic E-state index is 10.7. The Morgan fingerprint density at radius 1 is 0.804 bits per heavy atom. The highest BCUT2D eigenvalue weighted by Crippen LogP contribution is 2.41. The molecule has 4 aromatic rings. The van der Waals surface area contributed by atoms with Crippen LogP contribution < -0.4 is 19.8 Å². The summed E-state index contributed by atoms with van der Waals surface area (Å²) in [4.78, 5) is 3.72. The van der Waals surface area contributed by atoms with Gasteiger partial charge in [0, 0.05) is 6.42 Å². The molecule has 0 aliphatic carbocycles. The normalized spacial score (nSPS) is 12.3. The maximum absolute atomic E-state index is 10.7. The van der Waals surface area contributed by atoms with Gasteiger partial charge in [-0.05, 0) is 71.0 Å². The molecule has 46 heavy (non-hydrogen) atoms. The monoisotopic (exact) mass is 696 g/mol. The molecule has 0 saturated carbocycles. The number of rotatable bonds is 3. The molecule has 0 radical (unpaired) electrons. The minimum absolute atomic E-state index is 0.194. The summed E-state index contributed by atoms with van der Waals surface area (Å²) in [6, 6.07) is 27.8. The largest absolute Gasteiger partial charge is 0.741 e. The Kier molecular flexibility index (Phi) is 12.9. The molecule has 0 aromatic heterocycles. The molecule has 0 fully saturated rings. The number of anilines is 1. The van der Waals surface area contributed by atoms with Crippen LogP contribution in [0, 0.1) is 13.8 Å². The van der Waals surface area contributed by atoms with Gasteiger partial charge < -0.3 is 14.0 Å². The quantitative estimate of drug-likeness (QED) is 0.142. The zero-order chi connectivity index (χ0) is 34.1. The second-order valence-corrected chi connectivity index (χ2v) is 12.1. The van der Waals surface area contributed by atoms with Crippen LogP contribution in [0.25, 0.3) is 22.3 Å². The number of ether oxygens (including phenoxy) is 2. The van der Waals surface area contributed by atoms with E-state index in [2.05, 4.69) is 103 Å². The van der Waals surface area contributed by atoms with Crippen molar-refractivity contribution in [2.45, 2.75) is 25.8 Å². The van der Waals surface area contributed by atoms with Crippen molar-refractivity contribution in [3.8, 4) is 33.8 Å². The molecule has 0 bridgehead atoms. The molecule has 5 rings (SSSR count). The summed E-state index contributed by atoms with van der Waals surface area (Å²) >= 11 is 9.53. The Hall–Kier alpha value is -3.77. The summed E-state index contributed by atoms with van der Waals surface area (Å²) in [5.74, 6) is 2.50. The molecule has 4 aromatic carbocycles. The zero-order valence-corrected chi connectivity index (χ0v) is 27.8. The van der Waals surface area contributed by atoms with Crippen LogP contribution in [0.4, 0.5) is 18.9 Å². The van der Waals surface area contributed by atoms with Gasteiger partial charge in [-0.1, -0.05) is 60.7 Å². The lowest BCUT2D eigenvalue weighted by atomic mass is 9.88. The molecule has 1 aliphatic heterocycles. The number of fused-ring (bicyclic) bond motifs is 5. The van der Waals surface area contributed by atoms with Crippen LogP contribution in [-0.2, 0) is 16.5 Å². The van der Waals surface area contributed by atoms with Crippen LogP contribution in [0.5, 0.6) is 11.5 Å². The molecule has 0 unspecified atom stereocenters. The summed E-state index contributed by atoms with van der Waals surface area (Å²) in [6.45, 7) is 5.06. The first kappa shape index (κ1) is 36.7. The van der Waals surface area contributed by atoms with Gasteiger partial charge >= 0.3 is 5.51 Å². The predicted octanol–water partition coefficient (Wildman–Crippen LogP) is 6.62. The van der Waals surface area contributed by atoms with Crippen molar-refractivity contribution in [2.24, 2.45) is 0 Å². The van der Waals surface area contributed by atoms with E-state index in [1.165, 1.54) is 38.9 Å². The fourth-order valence-electron chi connectivity index (χ4n) is 4.93. The zero-order valence-electron chi connectivity index (χ0n) is 25.5. The average Bonchev–Trinajstić information content (AvgIpc) is 3.01. The second-order valence-electron chi connectivity index (χ2n) is 9.90. The van der Waals surface area contributed by atoms with Gasteiger partial charge in [0.1, 0.15) is 5.69 Å². The Morgan fingerprint density at radius 3 is 1.72 bits per heavy atom. The van der Waals surface area contributed by atoms with Crippen molar-refractivity contribution in [2.75, 3.05) is 31.4 Å². The number of nitrogens with one attached hydrogen (secondary N) is 2. The Labute approximate surface area is 276 Å². The topological polar surface area (TPSA) is 102 Å². The smallest absolute Gasteiger partial charge is 0.485 e. The molecule has 13 heteroatoms. The summed E-state index contributed by atoms with van der Waals surface area (Å²) in [5.41, 5.74) is 5.00. The maximum Gasteiger partial charge on any atom is 0.485 e. The van der Waals surface area contributed by atoms with Gasteiger partial charge in [0.2, 0.25) is 0 Å². The molecule has 0 amide bonds. The van der Waals surface area contributed by atoms with E-state index in [1.807, 2.05) is 0 Å². The number of hydrogen-bond acceptors (Lipinski definition) is 6. The van der Waals surface area contributed by atoms with Crippen LogP contribution in [0.3, 0.4) is 0 Å². The number of benzene rings is 4. The molecule has 246 valence electrons. The van der Waals surface area contributed by atoms with Gasteiger partial charge in [0.25, 0.3) is 5.84 Å². The third kappa shape index (κ3) is 8.94. The van der Waals surface area contributed by atoms with E-state index in [0.29, 0.717) is 0 Å². The number of methoxy groups -OCH3 is 2. The number of para-hydroxylation sites is 1. The van der Waals surface area contributed by atoms with Crippen LogP contribution in [0.15, 0.2) is 78.9 Å². The van der Waals surface area contributed by atoms with Gasteiger partial charge in [-0.2, -0.15) is 13.2 Å². The van der Waals surface area contributed by atoms with Crippen molar-refractivity contribution in [1.82, 2.24) is 0 Å². The molecule has 0 saturated heterocycles. The van der Waals surface area contributed by atoms with Crippen LogP contribution in [-0.4, -0.2) is 50.4 Å². The van der Waals surface area contributed by atoms with Gasteiger partial charge in [-0.3, -0.25) is 4.99 Å². The first-order chi connectivity index (χ1) is 21.8. The summed E-state index contributed by atoms with van der Waals surface area (Å²) in [5, 5.41) is 3.94. The van der Waals surface area contributed by atoms with Crippen LogP contribution >= 0.6 is 23.2 Å². The molecule has 1 heterocycles. The van der Waals surface area contributed by atoms with Crippen molar-refractivity contribution in [3.63, 3.8) is 0 Å². The van der Waals surface area contributed by atoms with E-state index < -0.39 is 15.6 Å². The van der Waals surface area contributed by atoms with E-state index in [4.69, 9.17) is 45.6 Å². The lowest BCUT2D eigenvalue weighted by molar-refractivity contribution is -0.455. The number of hydrogen-bond donors (Lipinski definition) is 2. The summed E-state index contributed by atoms with van der Waals surface area (Å²) in [7, 11) is -2.71. The number of aryl methyl sites for hydroxylation is 2. The van der Waals surface area contributed by atoms with E-state index in [-0.39, 0.29) is 5.34 Å². The lowest BCUT2D eigenvalue weighted by Crippen LogP contribution is -2.75. The summed E-state index contributed by atoms with van der Waals surface area (Å²) < 4.78 is 70.2. The highest BCUT2D eigenvalue weighted by Gasteiger charge is 2.37. The molecule has 7 nitrogen and oxygen atoms in total. The fraction of sp³-hybridized carbons (Fsp3) is 0.242. The Balaban J connectivity index is 0.000000453. The minimum atomic E-state index is -6.09. The second kappa shape index (κ2) is 16.2. The number of halogens is 5. The average molecular weight is 698 g/mol. The van der Waals surface area contributed by atoms with E-state index in [1.54, 1.807) is 14.2 Å². The Bertz CT molecular complexity index is 1780. The van der Waals surface area contributed by atoms with Crippen molar-refractivity contribution < 1.29 is 40.6 Å². The van der Waals surface area contributed by atoms with Gasteiger partial charge in [-0.25, -0.2) is 13.7 Å². The molecular formula is C33H33Cl2F3N2O5S. The highest BCUT2D eigenvalue weighted by atomic mass is 35.5. The lowest BCUT2D eigenvalue weighted by Gasteiger charge is -2.20. The number of alkyl halides is 5. The fourth-order valence-corrected chi connectivity index (χ4v) is 4.93. The predicted molar refractivity (Wildman–Crippen MR) is 176 cm³/mol. The number of amidine groups is 1. The molecule has 0 atom stereocenters. The van der Waals surface area contributed by atoms with Crippen LogP contribution in [0.2, 0.25) is 0 Å². The van der Waals surface area contributed by atoms with Crippen molar-refractivity contribution in [3.05, 3.63) is 101 Å². The van der Waals surface area contributed by atoms with E-state index >= 15 is 0 Å². The first-order valence-corrected chi connectivity index (χ1v) is 16.3. The van der Waals surface area contributed by atoms with E-state index in [0.717, 1.165) is 41.6 Å². The SMILES string of the molecule is COc1cc2c(cc1OC)-c1ccccc1-c1ccccc1C(Nc1c(C)cccc1C)=[NH+]CC2.ClCCl.O=S(=O)([O-])C(F)(F)F. The van der Waals surface area contributed by atoms with E-state index in [9.17, 15) is 13.2 Å². The molecular weight excluding hydrogens is 664 g/mol. The molecule has 2 N–H and O–H groups in total. The third-order valence-corrected chi connectivity index (χ3v) is 7.59. The molecule has 0 spiro atoms. The van der Waals surface area contributed by atoms with Gasteiger partial charge in [0.05, 0.1) is 31.7 Å². The highest BCUT2D eigenvalue weighted by molar-refractivity contribution is 7.86. The van der Waals surface area contributed by atoms with Crippen molar-refractivity contribution in [1.29, 1.82) is 0 Å². The van der Waals surface area contributed by atoms with Crippen molar-refractivity contribution >= 4 is 44.8 Å². The standard InChI is InChI=1S/C31H30N2O2.CH2Cl2.CHF3O3S/c1-20-10-9-11-21(2)30(20)33-31-26-15-8-7-13-24(26)23-12-5-6-14-25(23)27-19-29(35-4)28(34-3)18-22(27)16-17-32-31;2-1-3;2-1(3,4)8(5,6)7/h5-15,18-19H,16-17H2,1-4H3,(H,32,33);1H2;(H,5,6,7). The summed E-state index contributed by atoms with van der Waals surface area (Å²) in [6.07, 6.45) is 0.837. The minimum Gasteiger partial charge on any atom is -0.741 e.